The molecular formula is C9H17N. The molecule has 0 fully saturated rings. The highest BCUT2D eigenvalue weighted by Crippen LogP contribution is 2.09. The molecular weight excluding hydrogens is 122 g/mol. The second-order valence-corrected chi connectivity index (χ2v) is 3.33. The van der Waals surface area contributed by atoms with Crippen LogP contribution in [0.2, 0.25) is 0 Å². The van der Waals surface area contributed by atoms with E-state index in [1.165, 1.54) is 0 Å². The van der Waals surface area contributed by atoms with Crippen molar-refractivity contribution in [1.29, 1.82) is 0 Å². The predicted octanol–water partition coefficient (Wildman–Crippen LogP) is 1.65. The standard InChI is InChI=1S/C9H17N/c1-5-10-8-6-7-9(2,3)4/h10H,5,8H2,1-4H3. The molecule has 58 valence electrons. The molecule has 0 amide bonds. The van der Waals surface area contributed by atoms with Gasteiger partial charge in [0.15, 0.2) is 0 Å². The topological polar surface area (TPSA) is 12.0 Å². The van der Waals surface area contributed by atoms with Gasteiger partial charge in [0.05, 0.1) is 6.54 Å². The van der Waals surface area contributed by atoms with Crippen LogP contribution in [-0.2, 0) is 0 Å². The largest absolute Gasteiger partial charge is 0.307 e. The van der Waals surface area contributed by atoms with Crippen molar-refractivity contribution in [3.63, 3.8) is 0 Å². The summed E-state index contributed by atoms with van der Waals surface area (Å²) in [7, 11) is 0. The van der Waals surface area contributed by atoms with Crippen LogP contribution in [0.15, 0.2) is 0 Å². The van der Waals surface area contributed by atoms with Gasteiger partial charge < -0.3 is 5.32 Å². The fourth-order valence-corrected chi connectivity index (χ4v) is 0.497. The van der Waals surface area contributed by atoms with E-state index in [0.29, 0.717) is 0 Å². The van der Waals surface area contributed by atoms with Crippen molar-refractivity contribution in [2.45, 2.75) is 27.7 Å². The zero-order valence-electron chi connectivity index (χ0n) is 7.41. The molecule has 0 aliphatic carbocycles. The van der Waals surface area contributed by atoms with Gasteiger partial charge in [-0.05, 0) is 27.3 Å². The first-order valence-corrected chi connectivity index (χ1v) is 3.77. The molecule has 1 N–H and O–H groups in total. The van der Waals surface area contributed by atoms with Gasteiger partial charge in [-0.25, -0.2) is 0 Å². The van der Waals surface area contributed by atoms with E-state index < -0.39 is 0 Å². The highest BCUT2D eigenvalue weighted by molar-refractivity contribution is 5.08. The summed E-state index contributed by atoms with van der Waals surface area (Å²) in [6, 6.07) is 0. The molecule has 0 saturated carbocycles. The Morgan fingerprint density at radius 3 is 2.30 bits per heavy atom. The minimum atomic E-state index is 0.148. The minimum Gasteiger partial charge on any atom is -0.307 e. The highest BCUT2D eigenvalue weighted by Gasteiger charge is 2.02. The molecule has 0 aromatic carbocycles. The smallest absolute Gasteiger partial charge is 0.0576 e. The van der Waals surface area contributed by atoms with Crippen LogP contribution in [0.5, 0.6) is 0 Å². The Kier molecular flexibility index (Phi) is 4.14. The fourth-order valence-electron chi connectivity index (χ4n) is 0.497. The summed E-state index contributed by atoms with van der Waals surface area (Å²) in [6.07, 6.45) is 0. The summed E-state index contributed by atoms with van der Waals surface area (Å²) in [4.78, 5) is 0. The summed E-state index contributed by atoms with van der Waals surface area (Å²) in [5.74, 6) is 6.21. The Morgan fingerprint density at radius 2 is 1.90 bits per heavy atom. The summed E-state index contributed by atoms with van der Waals surface area (Å²) < 4.78 is 0. The molecule has 0 rings (SSSR count). The third-order valence-corrected chi connectivity index (χ3v) is 0.927. The van der Waals surface area contributed by atoms with Gasteiger partial charge in [-0.2, -0.15) is 0 Å². The number of rotatable bonds is 2. The SMILES string of the molecule is CCNCC#CC(C)(C)C. The van der Waals surface area contributed by atoms with Gasteiger partial charge in [0.25, 0.3) is 0 Å². The normalized spacial score (nSPS) is 10.4. The van der Waals surface area contributed by atoms with Crippen LogP contribution >= 0.6 is 0 Å². The average molecular weight is 139 g/mol. The first-order chi connectivity index (χ1) is 4.56. The Morgan fingerprint density at radius 1 is 1.30 bits per heavy atom. The molecule has 1 nitrogen and oxygen atoms in total. The summed E-state index contributed by atoms with van der Waals surface area (Å²) in [6.45, 7) is 10.2. The molecule has 10 heavy (non-hydrogen) atoms. The summed E-state index contributed by atoms with van der Waals surface area (Å²) >= 11 is 0. The van der Waals surface area contributed by atoms with E-state index in [1.54, 1.807) is 0 Å². The Labute approximate surface area is 64.2 Å². The van der Waals surface area contributed by atoms with Gasteiger partial charge in [-0.1, -0.05) is 18.8 Å². The lowest BCUT2D eigenvalue weighted by molar-refractivity contribution is 0.570. The van der Waals surface area contributed by atoms with Crippen LogP contribution in [0.3, 0.4) is 0 Å². The molecule has 1 heteroatoms. The van der Waals surface area contributed by atoms with Crippen LogP contribution in [-0.4, -0.2) is 13.1 Å². The van der Waals surface area contributed by atoms with E-state index in [-0.39, 0.29) is 5.41 Å². The molecule has 0 saturated heterocycles. The molecule has 0 aliphatic heterocycles. The van der Waals surface area contributed by atoms with Gasteiger partial charge in [-0.3, -0.25) is 0 Å². The molecule has 0 atom stereocenters. The maximum absolute atomic E-state index is 3.15. The van der Waals surface area contributed by atoms with E-state index in [4.69, 9.17) is 0 Å². The quantitative estimate of drug-likeness (QED) is 0.453. The van der Waals surface area contributed by atoms with Crippen LogP contribution in [0, 0.1) is 17.3 Å². The zero-order valence-corrected chi connectivity index (χ0v) is 7.41. The van der Waals surface area contributed by atoms with Crippen molar-refractivity contribution in [2.24, 2.45) is 5.41 Å². The first-order valence-electron chi connectivity index (χ1n) is 3.77. The van der Waals surface area contributed by atoms with Crippen LogP contribution < -0.4 is 5.32 Å². The maximum Gasteiger partial charge on any atom is 0.0576 e. The van der Waals surface area contributed by atoms with Gasteiger partial charge >= 0.3 is 0 Å². The van der Waals surface area contributed by atoms with Crippen molar-refractivity contribution in [3.8, 4) is 11.8 Å². The number of hydrogen-bond donors (Lipinski definition) is 1. The third-order valence-electron chi connectivity index (χ3n) is 0.927. The lowest BCUT2D eigenvalue weighted by Gasteiger charge is -2.06. The van der Waals surface area contributed by atoms with E-state index in [1.807, 2.05) is 0 Å². The molecule has 0 unspecified atom stereocenters. The van der Waals surface area contributed by atoms with Gasteiger partial charge in [0.1, 0.15) is 0 Å². The van der Waals surface area contributed by atoms with E-state index in [9.17, 15) is 0 Å². The lowest BCUT2D eigenvalue weighted by Crippen LogP contribution is -2.12. The molecule has 0 aliphatic rings. The molecule has 0 bridgehead atoms. The van der Waals surface area contributed by atoms with Crippen molar-refractivity contribution < 1.29 is 0 Å². The third kappa shape index (κ3) is 7.52. The van der Waals surface area contributed by atoms with Crippen molar-refractivity contribution in [2.75, 3.05) is 13.1 Å². The monoisotopic (exact) mass is 139 g/mol. The second kappa shape index (κ2) is 4.35. The zero-order chi connectivity index (χ0) is 8.04. The van der Waals surface area contributed by atoms with Crippen LogP contribution in [0.1, 0.15) is 27.7 Å². The van der Waals surface area contributed by atoms with Crippen molar-refractivity contribution in [3.05, 3.63) is 0 Å². The molecule has 0 aromatic heterocycles. The number of hydrogen-bond acceptors (Lipinski definition) is 1. The van der Waals surface area contributed by atoms with Crippen LogP contribution in [0.4, 0.5) is 0 Å². The Balaban J connectivity index is 3.50. The molecule has 0 spiro atoms. The van der Waals surface area contributed by atoms with Crippen molar-refractivity contribution >= 4 is 0 Å². The fraction of sp³-hybridized carbons (Fsp3) is 0.778. The molecule has 0 aromatic rings. The van der Waals surface area contributed by atoms with Gasteiger partial charge in [0.2, 0.25) is 0 Å². The molecule has 0 heterocycles. The Hall–Kier alpha value is -0.480. The predicted molar refractivity (Wildman–Crippen MR) is 45.8 cm³/mol. The summed E-state index contributed by atoms with van der Waals surface area (Å²) in [5, 5.41) is 3.15. The maximum atomic E-state index is 3.15. The number of nitrogens with one attached hydrogen (secondary N) is 1. The molecule has 0 radical (unpaired) electrons. The van der Waals surface area contributed by atoms with Gasteiger partial charge in [-0.15, -0.1) is 0 Å². The van der Waals surface area contributed by atoms with Crippen LogP contribution in [0.25, 0.3) is 0 Å². The van der Waals surface area contributed by atoms with Gasteiger partial charge in [0, 0.05) is 5.41 Å². The lowest BCUT2D eigenvalue weighted by atomic mass is 9.98. The van der Waals surface area contributed by atoms with E-state index in [0.717, 1.165) is 13.1 Å². The first kappa shape index (κ1) is 9.52. The second-order valence-electron chi connectivity index (χ2n) is 3.33. The van der Waals surface area contributed by atoms with E-state index in [2.05, 4.69) is 44.9 Å². The minimum absolute atomic E-state index is 0.148. The summed E-state index contributed by atoms with van der Waals surface area (Å²) in [5.41, 5.74) is 0.148. The Bertz CT molecular complexity index is 131. The van der Waals surface area contributed by atoms with E-state index >= 15 is 0 Å². The highest BCUT2D eigenvalue weighted by atomic mass is 14.8. The average Bonchev–Trinajstić information content (AvgIpc) is 1.78. The van der Waals surface area contributed by atoms with Crippen molar-refractivity contribution in [1.82, 2.24) is 5.32 Å².